The zero-order valence-corrected chi connectivity index (χ0v) is 9.63. The SMILES string of the molecule is NC(=Nc1cc(F)cc(F)c1)C1CCCCC1. The molecule has 4 heteroatoms. The molecule has 0 saturated heterocycles. The highest BCUT2D eigenvalue weighted by atomic mass is 19.1. The number of nitrogens with zero attached hydrogens (tertiary/aromatic N) is 1. The van der Waals surface area contributed by atoms with Gasteiger partial charge in [-0.1, -0.05) is 19.3 Å². The summed E-state index contributed by atoms with van der Waals surface area (Å²) in [5.74, 6) is -0.495. The standard InChI is InChI=1S/C13H16F2N2/c14-10-6-11(15)8-12(7-10)17-13(16)9-4-2-1-3-5-9/h6-9H,1-5H2,(H2,16,17). The minimum atomic E-state index is -0.625. The first-order valence-electron chi connectivity index (χ1n) is 5.95. The first kappa shape index (κ1) is 12.0. The van der Waals surface area contributed by atoms with Gasteiger partial charge < -0.3 is 5.73 Å². The summed E-state index contributed by atoms with van der Waals surface area (Å²) < 4.78 is 25.9. The van der Waals surface area contributed by atoms with E-state index in [0.717, 1.165) is 31.7 Å². The molecule has 0 atom stereocenters. The van der Waals surface area contributed by atoms with Gasteiger partial charge in [0.25, 0.3) is 0 Å². The summed E-state index contributed by atoms with van der Waals surface area (Å²) >= 11 is 0. The first-order valence-corrected chi connectivity index (χ1v) is 5.95. The summed E-state index contributed by atoms with van der Waals surface area (Å²) in [6.07, 6.45) is 5.58. The summed E-state index contributed by atoms with van der Waals surface area (Å²) in [5.41, 5.74) is 6.14. The van der Waals surface area contributed by atoms with Crippen molar-refractivity contribution in [2.45, 2.75) is 32.1 Å². The molecule has 0 aliphatic heterocycles. The fourth-order valence-electron chi connectivity index (χ4n) is 2.24. The fourth-order valence-corrected chi connectivity index (χ4v) is 2.24. The Morgan fingerprint density at radius 1 is 1.06 bits per heavy atom. The average molecular weight is 238 g/mol. The van der Waals surface area contributed by atoms with Crippen molar-refractivity contribution < 1.29 is 8.78 Å². The normalized spacial score (nSPS) is 18.4. The molecule has 17 heavy (non-hydrogen) atoms. The predicted octanol–water partition coefficient (Wildman–Crippen LogP) is 3.53. The van der Waals surface area contributed by atoms with Crippen LogP contribution in [0.3, 0.4) is 0 Å². The Kier molecular flexibility index (Phi) is 3.71. The van der Waals surface area contributed by atoms with Gasteiger partial charge in [0.2, 0.25) is 0 Å². The van der Waals surface area contributed by atoms with Crippen molar-refractivity contribution in [2.24, 2.45) is 16.6 Å². The second-order valence-electron chi connectivity index (χ2n) is 4.50. The van der Waals surface area contributed by atoms with Crippen LogP contribution in [0.4, 0.5) is 14.5 Å². The minimum Gasteiger partial charge on any atom is -0.387 e. The van der Waals surface area contributed by atoms with E-state index in [9.17, 15) is 8.78 Å². The van der Waals surface area contributed by atoms with Crippen LogP contribution in [0.1, 0.15) is 32.1 Å². The largest absolute Gasteiger partial charge is 0.387 e. The lowest BCUT2D eigenvalue weighted by Crippen LogP contribution is -2.25. The first-order chi connectivity index (χ1) is 8.15. The van der Waals surface area contributed by atoms with Gasteiger partial charge in [0.15, 0.2) is 0 Å². The molecular weight excluding hydrogens is 222 g/mol. The van der Waals surface area contributed by atoms with Gasteiger partial charge in [-0.05, 0) is 25.0 Å². The maximum absolute atomic E-state index is 13.0. The van der Waals surface area contributed by atoms with Gasteiger partial charge in [-0.2, -0.15) is 0 Å². The fraction of sp³-hybridized carbons (Fsp3) is 0.462. The van der Waals surface area contributed by atoms with E-state index in [-0.39, 0.29) is 11.6 Å². The summed E-state index contributed by atoms with van der Waals surface area (Å²) in [6, 6.07) is 3.22. The van der Waals surface area contributed by atoms with Crippen LogP contribution >= 0.6 is 0 Å². The van der Waals surface area contributed by atoms with E-state index >= 15 is 0 Å². The summed E-state index contributed by atoms with van der Waals surface area (Å²) in [4.78, 5) is 4.12. The lowest BCUT2D eigenvalue weighted by atomic mass is 9.88. The monoisotopic (exact) mass is 238 g/mol. The molecule has 0 radical (unpaired) electrons. The van der Waals surface area contributed by atoms with Gasteiger partial charge in [-0.25, -0.2) is 13.8 Å². The quantitative estimate of drug-likeness (QED) is 0.621. The highest BCUT2D eigenvalue weighted by Crippen LogP contribution is 2.25. The number of amidine groups is 1. The summed E-state index contributed by atoms with van der Waals surface area (Å²) in [6.45, 7) is 0. The molecule has 0 bridgehead atoms. The second kappa shape index (κ2) is 5.25. The summed E-state index contributed by atoms with van der Waals surface area (Å²) in [7, 11) is 0. The Hall–Kier alpha value is -1.45. The zero-order chi connectivity index (χ0) is 12.3. The molecular formula is C13H16F2N2. The van der Waals surface area contributed by atoms with E-state index in [1.54, 1.807) is 0 Å². The van der Waals surface area contributed by atoms with E-state index < -0.39 is 11.6 Å². The number of nitrogens with two attached hydrogens (primary N) is 1. The smallest absolute Gasteiger partial charge is 0.128 e. The number of hydrogen-bond acceptors (Lipinski definition) is 1. The van der Waals surface area contributed by atoms with Crippen molar-refractivity contribution in [3.05, 3.63) is 29.8 Å². The minimum absolute atomic E-state index is 0.255. The lowest BCUT2D eigenvalue weighted by Gasteiger charge is -2.20. The molecule has 2 nitrogen and oxygen atoms in total. The molecule has 1 aromatic rings. The topological polar surface area (TPSA) is 38.4 Å². The van der Waals surface area contributed by atoms with Gasteiger partial charge >= 0.3 is 0 Å². The Labute approximate surface area is 99.5 Å². The number of benzene rings is 1. The van der Waals surface area contributed by atoms with Gasteiger partial charge in [-0.3, -0.25) is 0 Å². The average Bonchev–Trinajstić information content (AvgIpc) is 2.28. The van der Waals surface area contributed by atoms with Crippen LogP contribution in [0, 0.1) is 17.6 Å². The van der Waals surface area contributed by atoms with Crippen LogP contribution in [0.2, 0.25) is 0 Å². The maximum atomic E-state index is 13.0. The van der Waals surface area contributed by atoms with Crippen LogP contribution < -0.4 is 5.73 Å². The van der Waals surface area contributed by atoms with Crippen LogP contribution in [-0.4, -0.2) is 5.84 Å². The number of rotatable bonds is 2. The van der Waals surface area contributed by atoms with E-state index in [1.807, 2.05) is 0 Å². The van der Waals surface area contributed by atoms with Gasteiger partial charge in [0.05, 0.1) is 5.69 Å². The van der Waals surface area contributed by atoms with Gasteiger partial charge in [0.1, 0.15) is 17.5 Å². The van der Waals surface area contributed by atoms with Crippen LogP contribution in [0.25, 0.3) is 0 Å². The highest BCUT2D eigenvalue weighted by Gasteiger charge is 2.17. The Bertz CT molecular complexity index is 403. The zero-order valence-electron chi connectivity index (χ0n) is 9.63. The van der Waals surface area contributed by atoms with Crippen LogP contribution in [0.5, 0.6) is 0 Å². The number of hydrogen-bond donors (Lipinski definition) is 1. The molecule has 0 aromatic heterocycles. The molecule has 1 aliphatic rings. The molecule has 1 saturated carbocycles. The highest BCUT2D eigenvalue weighted by molar-refractivity contribution is 5.85. The molecule has 0 heterocycles. The van der Waals surface area contributed by atoms with Crippen molar-refractivity contribution >= 4 is 11.5 Å². The van der Waals surface area contributed by atoms with E-state index in [1.165, 1.54) is 18.6 Å². The number of halogens is 2. The Morgan fingerprint density at radius 2 is 1.65 bits per heavy atom. The Morgan fingerprint density at radius 3 is 2.24 bits per heavy atom. The molecule has 2 N–H and O–H groups in total. The molecule has 0 spiro atoms. The molecule has 1 fully saturated rings. The van der Waals surface area contributed by atoms with Crippen molar-refractivity contribution in [3.8, 4) is 0 Å². The molecule has 1 aromatic carbocycles. The third-order valence-electron chi connectivity index (χ3n) is 3.13. The van der Waals surface area contributed by atoms with E-state index in [0.29, 0.717) is 5.84 Å². The molecule has 92 valence electrons. The Balaban J connectivity index is 2.16. The second-order valence-corrected chi connectivity index (χ2v) is 4.50. The van der Waals surface area contributed by atoms with Crippen LogP contribution in [0.15, 0.2) is 23.2 Å². The van der Waals surface area contributed by atoms with E-state index in [2.05, 4.69) is 4.99 Å². The van der Waals surface area contributed by atoms with Crippen molar-refractivity contribution in [1.29, 1.82) is 0 Å². The van der Waals surface area contributed by atoms with Crippen LogP contribution in [-0.2, 0) is 0 Å². The van der Waals surface area contributed by atoms with Crippen molar-refractivity contribution in [2.75, 3.05) is 0 Å². The summed E-state index contributed by atoms with van der Waals surface area (Å²) in [5, 5.41) is 0. The lowest BCUT2D eigenvalue weighted by molar-refractivity contribution is 0.437. The van der Waals surface area contributed by atoms with Gasteiger partial charge in [0, 0.05) is 12.0 Å². The predicted molar refractivity (Wildman–Crippen MR) is 64.2 cm³/mol. The number of aliphatic imine (C=N–C) groups is 1. The molecule has 2 rings (SSSR count). The molecule has 0 unspecified atom stereocenters. The van der Waals surface area contributed by atoms with Crippen molar-refractivity contribution in [1.82, 2.24) is 0 Å². The third-order valence-corrected chi connectivity index (χ3v) is 3.13. The van der Waals surface area contributed by atoms with Gasteiger partial charge in [-0.15, -0.1) is 0 Å². The van der Waals surface area contributed by atoms with E-state index in [4.69, 9.17) is 5.73 Å². The molecule has 0 amide bonds. The maximum Gasteiger partial charge on any atom is 0.128 e. The van der Waals surface area contributed by atoms with Crippen molar-refractivity contribution in [3.63, 3.8) is 0 Å². The molecule has 1 aliphatic carbocycles. The third kappa shape index (κ3) is 3.25.